The molecular formula is C17H20Cl2N4O4. The van der Waals surface area contributed by atoms with Crippen LogP contribution in [-0.4, -0.2) is 29.8 Å². The third-order valence-corrected chi connectivity index (χ3v) is 4.15. The Balaban J connectivity index is 2.39. The van der Waals surface area contributed by atoms with Crippen molar-refractivity contribution < 1.29 is 19.4 Å². The fourth-order valence-corrected chi connectivity index (χ4v) is 2.63. The number of carbonyl (C=O) groups is 1. The molecule has 0 atom stereocenters. The van der Waals surface area contributed by atoms with Gasteiger partial charge in [0.2, 0.25) is 0 Å². The van der Waals surface area contributed by atoms with E-state index in [-0.39, 0.29) is 28.2 Å². The molecule has 0 radical (unpaired) electrons. The van der Waals surface area contributed by atoms with Crippen LogP contribution >= 0.6 is 23.2 Å². The van der Waals surface area contributed by atoms with E-state index in [2.05, 4.69) is 0 Å². The fourth-order valence-electron chi connectivity index (χ4n) is 2.27. The first-order valence-corrected chi connectivity index (χ1v) is 8.64. The van der Waals surface area contributed by atoms with Crippen molar-refractivity contribution in [2.45, 2.75) is 13.5 Å². The van der Waals surface area contributed by atoms with Crippen molar-refractivity contribution >= 4 is 34.9 Å². The summed E-state index contributed by atoms with van der Waals surface area (Å²) in [7, 11) is 1.38. The summed E-state index contributed by atoms with van der Waals surface area (Å²) >= 11 is 12.0. The lowest BCUT2D eigenvalue weighted by molar-refractivity contribution is 0.216. The molecule has 5 N–H and O–H groups in total. The molecule has 27 heavy (non-hydrogen) atoms. The van der Waals surface area contributed by atoms with Crippen LogP contribution in [0.5, 0.6) is 17.2 Å². The molecule has 0 heterocycles. The van der Waals surface area contributed by atoms with Crippen LogP contribution in [0.4, 0.5) is 10.5 Å². The van der Waals surface area contributed by atoms with Gasteiger partial charge >= 0.3 is 6.03 Å². The molecule has 8 nitrogen and oxygen atoms in total. The summed E-state index contributed by atoms with van der Waals surface area (Å²) in [5.74, 6) is 12.0. The molecule has 0 saturated carbocycles. The van der Waals surface area contributed by atoms with Crippen LogP contribution in [0.15, 0.2) is 30.3 Å². The number of rotatable bonds is 6. The van der Waals surface area contributed by atoms with Crippen molar-refractivity contribution in [3.05, 3.63) is 45.9 Å². The number of aromatic hydroxyl groups is 1. The Labute approximate surface area is 166 Å². The molecule has 2 aromatic rings. The number of benzene rings is 2. The van der Waals surface area contributed by atoms with E-state index < -0.39 is 6.03 Å². The minimum Gasteiger partial charge on any atom is -0.506 e. The molecule has 10 heteroatoms. The molecule has 0 aliphatic rings. The van der Waals surface area contributed by atoms with Crippen molar-refractivity contribution in [2.24, 2.45) is 11.7 Å². The van der Waals surface area contributed by atoms with Crippen molar-refractivity contribution in [1.29, 1.82) is 0 Å². The lowest BCUT2D eigenvalue weighted by Crippen LogP contribution is -2.49. The zero-order valence-corrected chi connectivity index (χ0v) is 16.3. The molecular weight excluding hydrogens is 395 g/mol. The van der Waals surface area contributed by atoms with Gasteiger partial charge in [-0.1, -0.05) is 29.3 Å². The third kappa shape index (κ3) is 4.86. The van der Waals surface area contributed by atoms with Crippen LogP contribution in [0.1, 0.15) is 12.5 Å². The van der Waals surface area contributed by atoms with Crippen LogP contribution < -0.4 is 26.2 Å². The van der Waals surface area contributed by atoms with Gasteiger partial charge in [0, 0.05) is 19.2 Å². The van der Waals surface area contributed by atoms with Crippen LogP contribution in [0.25, 0.3) is 0 Å². The van der Waals surface area contributed by atoms with E-state index in [1.807, 2.05) is 6.92 Å². The van der Waals surface area contributed by atoms with Crippen molar-refractivity contribution in [3.63, 3.8) is 0 Å². The predicted molar refractivity (Wildman–Crippen MR) is 104 cm³/mol. The van der Waals surface area contributed by atoms with Gasteiger partial charge < -0.3 is 14.6 Å². The highest BCUT2D eigenvalue weighted by atomic mass is 35.5. The normalized spacial score (nSPS) is 10.4. The Kier molecular flexibility index (Phi) is 6.98. The molecule has 2 aromatic carbocycles. The number of phenolic OH excluding ortho intramolecular Hbond substituents is 1. The van der Waals surface area contributed by atoms with E-state index >= 15 is 0 Å². The second-order valence-corrected chi connectivity index (χ2v) is 6.29. The number of halogens is 2. The van der Waals surface area contributed by atoms with Crippen LogP contribution in [0.2, 0.25) is 10.0 Å². The number of phenols is 1. The average molecular weight is 415 g/mol. The monoisotopic (exact) mass is 414 g/mol. The van der Waals surface area contributed by atoms with Gasteiger partial charge in [-0.15, -0.1) is 0 Å². The van der Waals surface area contributed by atoms with Gasteiger partial charge in [-0.25, -0.2) is 21.5 Å². The van der Waals surface area contributed by atoms with E-state index in [0.29, 0.717) is 23.6 Å². The quantitative estimate of drug-likeness (QED) is 0.379. The molecule has 0 unspecified atom stereocenters. The Morgan fingerprint density at radius 2 is 1.85 bits per heavy atom. The first-order chi connectivity index (χ1) is 12.8. The average Bonchev–Trinajstić information content (AvgIpc) is 2.63. The second kappa shape index (κ2) is 9.01. The molecule has 0 aliphatic heterocycles. The molecule has 2 rings (SSSR count). The van der Waals surface area contributed by atoms with E-state index in [1.54, 1.807) is 18.2 Å². The smallest absolute Gasteiger partial charge is 0.352 e. The molecule has 2 amide bonds. The third-order valence-electron chi connectivity index (χ3n) is 3.55. The molecule has 0 aliphatic carbocycles. The standard InChI is InChI=1S/C17H20Cl2N4O4/c1-3-26-15-6-4-5-13(23(21)17(25)22(2)20)10(15)9-27-16-8-11(18)14(24)7-12(16)19/h4-8,24H,3,9,20-21H2,1-2H3. The van der Waals surface area contributed by atoms with E-state index in [1.165, 1.54) is 19.2 Å². The molecule has 146 valence electrons. The number of hydrazine groups is 2. The lowest BCUT2D eigenvalue weighted by Gasteiger charge is -2.24. The van der Waals surface area contributed by atoms with E-state index in [0.717, 1.165) is 10.0 Å². The SMILES string of the molecule is CCOc1cccc(N(N)C(=O)N(C)N)c1COc1cc(Cl)c(O)cc1Cl. The number of ether oxygens (including phenoxy) is 2. The summed E-state index contributed by atoms with van der Waals surface area (Å²) in [5, 5.41) is 11.6. The first-order valence-electron chi connectivity index (χ1n) is 7.89. The highest BCUT2D eigenvalue weighted by Crippen LogP contribution is 2.36. The summed E-state index contributed by atoms with van der Waals surface area (Å²) in [6, 6.07) is 7.08. The summed E-state index contributed by atoms with van der Waals surface area (Å²) in [6.07, 6.45) is 0. The Morgan fingerprint density at radius 3 is 2.48 bits per heavy atom. The van der Waals surface area contributed by atoms with Crippen LogP contribution in [0.3, 0.4) is 0 Å². The summed E-state index contributed by atoms with van der Waals surface area (Å²) in [5.41, 5.74) is 0.863. The van der Waals surface area contributed by atoms with Gasteiger partial charge in [-0.3, -0.25) is 5.01 Å². The van der Waals surface area contributed by atoms with E-state index in [9.17, 15) is 9.90 Å². The zero-order valence-electron chi connectivity index (χ0n) is 14.8. The van der Waals surface area contributed by atoms with Crippen molar-refractivity contribution in [3.8, 4) is 17.2 Å². The maximum atomic E-state index is 12.1. The maximum absolute atomic E-state index is 12.1. The molecule has 0 bridgehead atoms. The predicted octanol–water partition coefficient (Wildman–Crippen LogP) is 3.28. The van der Waals surface area contributed by atoms with Crippen LogP contribution in [0, 0.1) is 0 Å². The van der Waals surface area contributed by atoms with Crippen molar-refractivity contribution in [1.82, 2.24) is 5.01 Å². The number of carbonyl (C=O) groups excluding carboxylic acids is 1. The van der Waals surface area contributed by atoms with Gasteiger partial charge in [0.1, 0.15) is 23.9 Å². The Bertz CT molecular complexity index is 833. The van der Waals surface area contributed by atoms with E-state index in [4.69, 9.17) is 44.4 Å². The molecule has 0 saturated heterocycles. The lowest BCUT2D eigenvalue weighted by atomic mass is 10.1. The van der Waals surface area contributed by atoms with Gasteiger partial charge in [-0.05, 0) is 19.1 Å². The molecule has 0 spiro atoms. The van der Waals surface area contributed by atoms with Crippen molar-refractivity contribution in [2.75, 3.05) is 18.7 Å². The Hall–Kier alpha value is -2.39. The number of anilines is 1. The largest absolute Gasteiger partial charge is 0.506 e. The molecule has 0 aromatic heterocycles. The number of urea groups is 1. The summed E-state index contributed by atoms with van der Waals surface area (Å²) < 4.78 is 11.3. The summed E-state index contributed by atoms with van der Waals surface area (Å²) in [4.78, 5) is 12.1. The highest BCUT2D eigenvalue weighted by Gasteiger charge is 2.21. The molecule has 0 fully saturated rings. The summed E-state index contributed by atoms with van der Waals surface area (Å²) in [6.45, 7) is 2.20. The second-order valence-electron chi connectivity index (χ2n) is 5.47. The minimum absolute atomic E-state index is 0.0262. The highest BCUT2D eigenvalue weighted by molar-refractivity contribution is 6.35. The number of hydrogen-bond acceptors (Lipinski definition) is 6. The minimum atomic E-state index is -0.629. The Morgan fingerprint density at radius 1 is 1.15 bits per heavy atom. The number of amides is 2. The first kappa shape index (κ1) is 20.9. The fraction of sp³-hybridized carbons (Fsp3) is 0.235. The topological polar surface area (TPSA) is 114 Å². The van der Waals surface area contributed by atoms with Gasteiger partial charge in [0.15, 0.2) is 0 Å². The number of hydrogen-bond donors (Lipinski definition) is 3. The van der Waals surface area contributed by atoms with Gasteiger partial charge in [-0.2, -0.15) is 0 Å². The maximum Gasteiger partial charge on any atom is 0.352 e. The zero-order chi connectivity index (χ0) is 20.1. The number of nitrogens with zero attached hydrogens (tertiary/aromatic N) is 2. The van der Waals surface area contributed by atoms with Crippen LogP contribution in [-0.2, 0) is 6.61 Å². The van der Waals surface area contributed by atoms with Gasteiger partial charge in [0.25, 0.3) is 0 Å². The van der Waals surface area contributed by atoms with Gasteiger partial charge in [0.05, 0.1) is 27.9 Å². The number of nitrogens with two attached hydrogens (primary N) is 2.